The molecule has 0 aliphatic heterocycles. The van der Waals surface area contributed by atoms with E-state index in [2.05, 4.69) is 205 Å². The van der Waals surface area contributed by atoms with Crippen molar-refractivity contribution in [1.82, 2.24) is 0 Å². The molecule has 0 N–H and O–H groups in total. The highest BCUT2D eigenvalue weighted by Gasteiger charge is 2.23. The average molecular weight is 754 g/mol. The van der Waals surface area contributed by atoms with Gasteiger partial charge in [-0.05, 0) is 98.4 Å². The first kappa shape index (κ1) is 33.3. The van der Waals surface area contributed by atoms with E-state index in [1.807, 2.05) is 12.1 Å². The van der Waals surface area contributed by atoms with Gasteiger partial charge in [0.1, 0.15) is 22.3 Å². The van der Waals surface area contributed by atoms with E-state index in [1.54, 1.807) is 0 Å². The van der Waals surface area contributed by atoms with Gasteiger partial charge in [-0.25, -0.2) is 0 Å². The van der Waals surface area contributed by atoms with Crippen molar-refractivity contribution in [1.29, 1.82) is 0 Å². The maximum Gasteiger partial charge on any atom is 0.145 e. The summed E-state index contributed by atoms with van der Waals surface area (Å²) < 4.78 is 13.4. The number of para-hydroxylation sites is 2. The number of furan rings is 2. The Hall–Kier alpha value is -7.88. The standard InChI is InChI=1S/C56H35NO2/c1-3-13-36(14-4-1)45-32-31-44(53-47-19-9-11-21-51(47)58-55(45)53)39-25-28-41(29-26-39)57(42-30-27-40-24-23-38-17-7-8-18-43(38)49(40)35-42)50-34-33-46(37-15-5-2-6-16-37)56-54(50)48-20-10-12-22-52(48)59-56/h1-35H. The average Bonchev–Trinajstić information content (AvgIpc) is 3.90. The Morgan fingerprint density at radius 2 is 0.780 bits per heavy atom. The maximum absolute atomic E-state index is 6.78. The van der Waals surface area contributed by atoms with Crippen molar-refractivity contribution in [2.75, 3.05) is 4.90 Å². The quantitative estimate of drug-likeness (QED) is 0.158. The summed E-state index contributed by atoms with van der Waals surface area (Å²) in [6, 6.07) is 75.6. The smallest absolute Gasteiger partial charge is 0.145 e. The van der Waals surface area contributed by atoms with Gasteiger partial charge < -0.3 is 13.7 Å². The summed E-state index contributed by atoms with van der Waals surface area (Å²) in [6.07, 6.45) is 0. The molecule has 12 aromatic rings. The van der Waals surface area contributed by atoms with Crippen LogP contribution in [0.1, 0.15) is 0 Å². The van der Waals surface area contributed by atoms with Crippen molar-refractivity contribution in [3.63, 3.8) is 0 Å². The molecule has 0 unspecified atom stereocenters. The first-order chi connectivity index (χ1) is 29.3. The van der Waals surface area contributed by atoms with Crippen LogP contribution in [-0.2, 0) is 0 Å². The summed E-state index contributed by atoms with van der Waals surface area (Å²) in [5.74, 6) is 0. The van der Waals surface area contributed by atoms with Crippen molar-refractivity contribution < 1.29 is 8.83 Å². The molecule has 0 bridgehead atoms. The molecule has 0 aliphatic carbocycles. The Balaban J connectivity index is 1.09. The molecule has 0 spiro atoms. The van der Waals surface area contributed by atoms with Crippen LogP contribution in [0.15, 0.2) is 221 Å². The molecule has 3 heteroatoms. The Morgan fingerprint density at radius 3 is 1.46 bits per heavy atom. The fourth-order valence-corrected chi connectivity index (χ4v) is 9.10. The molecule has 2 heterocycles. The summed E-state index contributed by atoms with van der Waals surface area (Å²) in [6.45, 7) is 0. The van der Waals surface area contributed by atoms with Crippen LogP contribution in [0, 0.1) is 0 Å². The first-order valence-electron chi connectivity index (χ1n) is 20.1. The van der Waals surface area contributed by atoms with E-state index in [0.717, 1.165) is 94.3 Å². The van der Waals surface area contributed by atoms with Gasteiger partial charge in [-0.3, -0.25) is 0 Å². The largest absolute Gasteiger partial charge is 0.455 e. The van der Waals surface area contributed by atoms with E-state index >= 15 is 0 Å². The lowest BCUT2D eigenvalue weighted by atomic mass is 9.94. The van der Waals surface area contributed by atoms with Gasteiger partial charge in [-0.1, -0.05) is 158 Å². The molecule has 0 atom stereocenters. The summed E-state index contributed by atoms with van der Waals surface area (Å²) in [5.41, 5.74) is 13.3. The van der Waals surface area contributed by atoms with Gasteiger partial charge in [0.15, 0.2) is 0 Å². The minimum absolute atomic E-state index is 0.863. The van der Waals surface area contributed by atoms with Crippen LogP contribution >= 0.6 is 0 Å². The van der Waals surface area contributed by atoms with Crippen molar-refractivity contribution in [2.24, 2.45) is 0 Å². The van der Waals surface area contributed by atoms with Crippen LogP contribution in [0.2, 0.25) is 0 Å². The van der Waals surface area contributed by atoms with Gasteiger partial charge in [-0.2, -0.15) is 0 Å². The third-order valence-corrected chi connectivity index (χ3v) is 11.9. The maximum atomic E-state index is 6.78. The monoisotopic (exact) mass is 753 g/mol. The number of rotatable bonds is 6. The third kappa shape index (κ3) is 5.36. The molecule has 2 aromatic heterocycles. The highest BCUT2D eigenvalue weighted by atomic mass is 16.3. The van der Waals surface area contributed by atoms with Crippen LogP contribution in [0.4, 0.5) is 17.1 Å². The second-order valence-corrected chi connectivity index (χ2v) is 15.2. The summed E-state index contributed by atoms with van der Waals surface area (Å²) in [4.78, 5) is 2.39. The van der Waals surface area contributed by atoms with Crippen molar-refractivity contribution in [2.45, 2.75) is 0 Å². The molecule has 0 amide bonds. The lowest BCUT2D eigenvalue weighted by Gasteiger charge is -2.27. The van der Waals surface area contributed by atoms with Crippen molar-refractivity contribution in [3.05, 3.63) is 212 Å². The molecular weight excluding hydrogens is 719 g/mol. The van der Waals surface area contributed by atoms with Crippen molar-refractivity contribution >= 4 is 82.5 Å². The molecule has 59 heavy (non-hydrogen) atoms. The van der Waals surface area contributed by atoms with Gasteiger partial charge in [0.25, 0.3) is 0 Å². The lowest BCUT2D eigenvalue weighted by Crippen LogP contribution is -2.10. The zero-order chi connectivity index (χ0) is 38.9. The van der Waals surface area contributed by atoms with Crippen LogP contribution < -0.4 is 4.90 Å². The summed E-state index contributed by atoms with van der Waals surface area (Å²) in [7, 11) is 0. The second kappa shape index (κ2) is 13.4. The fraction of sp³-hybridized carbons (Fsp3) is 0. The first-order valence-corrected chi connectivity index (χ1v) is 20.1. The molecule has 12 rings (SSSR count). The minimum atomic E-state index is 0.863. The Kier molecular flexibility index (Phi) is 7.54. The summed E-state index contributed by atoms with van der Waals surface area (Å²) in [5, 5.41) is 9.26. The molecule has 276 valence electrons. The highest BCUT2D eigenvalue weighted by Crippen LogP contribution is 2.48. The molecule has 0 fully saturated rings. The zero-order valence-electron chi connectivity index (χ0n) is 32.0. The lowest BCUT2D eigenvalue weighted by molar-refractivity contribution is 0.669. The second-order valence-electron chi connectivity index (χ2n) is 15.2. The van der Waals surface area contributed by atoms with E-state index in [-0.39, 0.29) is 0 Å². The molecule has 3 nitrogen and oxygen atoms in total. The van der Waals surface area contributed by atoms with Crippen LogP contribution in [0.5, 0.6) is 0 Å². The van der Waals surface area contributed by atoms with Gasteiger partial charge in [-0.15, -0.1) is 0 Å². The van der Waals surface area contributed by atoms with Crippen molar-refractivity contribution in [3.8, 4) is 33.4 Å². The SMILES string of the molecule is c1ccc(-c2ccc(-c3ccc(N(c4ccc5ccc6ccccc6c5c4)c4ccc(-c5ccccc5)c5oc6ccccc6c45)cc3)c3c2oc2ccccc23)cc1. The number of hydrogen-bond donors (Lipinski definition) is 0. The number of anilines is 3. The molecule has 0 saturated heterocycles. The van der Waals surface area contributed by atoms with Crippen LogP contribution in [-0.4, -0.2) is 0 Å². The number of fused-ring (bicyclic) bond motifs is 9. The number of hydrogen-bond acceptors (Lipinski definition) is 3. The van der Waals surface area contributed by atoms with E-state index in [0.29, 0.717) is 0 Å². The molecule has 0 radical (unpaired) electrons. The molecule has 10 aromatic carbocycles. The summed E-state index contributed by atoms with van der Waals surface area (Å²) >= 11 is 0. The molecule has 0 saturated carbocycles. The molecular formula is C56H35NO2. The van der Waals surface area contributed by atoms with E-state index in [9.17, 15) is 0 Å². The van der Waals surface area contributed by atoms with Gasteiger partial charge in [0.2, 0.25) is 0 Å². The van der Waals surface area contributed by atoms with E-state index < -0.39 is 0 Å². The zero-order valence-corrected chi connectivity index (χ0v) is 32.0. The normalized spacial score (nSPS) is 11.7. The number of nitrogens with zero attached hydrogens (tertiary/aromatic N) is 1. The van der Waals surface area contributed by atoms with Gasteiger partial charge >= 0.3 is 0 Å². The number of benzene rings is 10. The fourth-order valence-electron chi connectivity index (χ4n) is 9.10. The topological polar surface area (TPSA) is 29.5 Å². The van der Waals surface area contributed by atoms with E-state index in [4.69, 9.17) is 8.83 Å². The molecule has 0 aliphatic rings. The predicted molar refractivity (Wildman–Crippen MR) is 247 cm³/mol. The highest BCUT2D eigenvalue weighted by molar-refractivity contribution is 6.19. The van der Waals surface area contributed by atoms with E-state index in [1.165, 1.54) is 21.5 Å². The van der Waals surface area contributed by atoms with Crippen LogP contribution in [0.3, 0.4) is 0 Å². The predicted octanol–water partition coefficient (Wildman–Crippen LogP) is 16.3. The Labute approximate surface area is 340 Å². The Bertz CT molecular complexity index is 3540. The van der Waals surface area contributed by atoms with Crippen LogP contribution in [0.25, 0.3) is 98.8 Å². The van der Waals surface area contributed by atoms with Gasteiger partial charge in [0, 0.05) is 38.7 Å². The Morgan fingerprint density at radius 1 is 0.305 bits per heavy atom. The van der Waals surface area contributed by atoms with Gasteiger partial charge in [0.05, 0.1) is 11.1 Å². The third-order valence-electron chi connectivity index (χ3n) is 11.9. The minimum Gasteiger partial charge on any atom is -0.455 e.